The summed E-state index contributed by atoms with van der Waals surface area (Å²) in [6.45, 7) is 3.48. The van der Waals surface area contributed by atoms with Crippen molar-refractivity contribution in [1.29, 1.82) is 0 Å². The van der Waals surface area contributed by atoms with E-state index in [4.69, 9.17) is 19.8 Å². The van der Waals surface area contributed by atoms with Crippen LogP contribution in [-0.4, -0.2) is 111 Å². The number of fused-ring (bicyclic) bond motifs is 1. The summed E-state index contributed by atoms with van der Waals surface area (Å²) in [6, 6.07) is 5.40. The van der Waals surface area contributed by atoms with E-state index < -0.39 is 29.7 Å². The summed E-state index contributed by atoms with van der Waals surface area (Å²) < 4.78 is 63.5. The highest BCUT2D eigenvalue weighted by molar-refractivity contribution is 5.94. The SMILES string of the molecule is CN1CCC2(CN(c3ncccn3)CC23CCN(C(=O)c2cccnc2)CC3)C1=O.O=C(O)C(F)(F)F.O=C(O)C(F)(F)F. The highest BCUT2D eigenvalue weighted by atomic mass is 19.4. The van der Waals surface area contributed by atoms with Crippen molar-refractivity contribution in [1.82, 2.24) is 24.8 Å². The van der Waals surface area contributed by atoms with E-state index in [-0.39, 0.29) is 17.2 Å². The third-order valence-corrected chi connectivity index (χ3v) is 7.84. The van der Waals surface area contributed by atoms with Crippen LogP contribution in [0.3, 0.4) is 0 Å². The first-order valence-corrected chi connectivity index (χ1v) is 13.0. The number of amides is 2. The second kappa shape index (κ2) is 13.0. The van der Waals surface area contributed by atoms with E-state index in [0.717, 1.165) is 32.4 Å². The number of carboxylic acids is 2. The zero-order valence-corrected chi connectivity index (χ0v) is 23.2. The monoisotopic (exact) mass is 634 g/mol. The van der Waals surface area contributed by atoms with Crippen LogP contribution < -0.4 is 4.90 Å². The van der Waals surface area contributed by atoms with Crippen molar-refractivity contribution in [3.63, 3.8) is 0 Å². The first kappa shape index (κ1) is 34.0. The number of aliphatic carboxylic acids is 2. The average molecular weight is 635 g/mol. The molecule has 5 heterocycles. The number of pyridine rings is 1. The molecule has 3 fully saturated rings. The number of nitrogens with zero attached hydrogens (tertiary/aromatic N) is 6. The summed E-state index contributed by atoms with van der Waals surface area (Å²) >= 11 is 0. The highest BCUT2D eigenvalue weighted by Crippen LogP contribution is 2.58. The predicted octanol–water partition coefficient (Wildman–Crippen LogP) is 2.73. The number of piperidine rings is 1. The Bertz CT molecular complexity index is 1310. The summed E-state index contributed by atoms with van der Waals surface area (Å²) in [5.41, 5.74) is 0.0232. The normalized spacial score (nSPS) is 21.0. The van der Waals surface area contributed by atoms with Gasteiger partial charge in [-0.2, -0.15) is 26.3 Å². The van der Waals surface area contributed by atoms with Gasteiger partial charge < -0.3 is 24.9 Å². The molecule has 44 heavy (non-hydrogen) atoms. The van der Waals surface area contributed by atoms with Gasteiger partial charge in [-0.05, 0) is 37.5 Å². The molecule has 0 saturated carbocycles. The minimum Gasteiger partial charge on any atom is -0.475 e. The molecule has 1 atom stereocenters. The lowest BCUT2D eigenvalue weighted by molar-refractivity contribution is -0.193. The zero-order chi connectivity index (χ0) is 32.9. The molecule has 0 aromatic carbocycles. The van der Waals surface area contributed by atoms with Crippen LogP contribution in [0.2, 0.25) is 0 Å². The second-order valence-corrected chi connectivity index (χ2v) is 10.4. The number of carbonyl (C=O) groups is 4. The lowest BCUT2D eigenvalue weighted by Crippen LogP contribution is -2.53. The Labute approximate surface area is 246 Å². The maximum atomic E-state index is 13.4. The number of aromatic nitrogens is 3. The Hall–Kier alpha value is -4.51. The quantitative estimate of drug-likeness (QED) is 0.471. The van der Waals surface area contributed by atoms with E-state index in [1.54, 1.807) is 36.9 Å². The molecule has 2 amide bonds. The molecule has 5 rings (SSSR count). The van der Waals surface area contributed by atoms with Crippen LogP contribution in [0.15, 0.2) is 43.0 Å². The van der Waals surface area contributed by atoms with E-state index in [1.807, 2.05) is 22.9 Å². The van der Waals surface area contributed by atoms with E-state index in [9.17, 15) is 35.9 Å². The van der Waals surface area contributed by atoms with Gasteiger partial charge in [0.25, 0.3) is 5.91 Å². The molecule has 2 aromatic rings. The molecule has 1 unspecified atom stereocenters. The van der Waals surface area contributed by atoms with Gasteiger partial charge in [-0.1, -0.05) is 0 Å². The number of carbonyl (C=O) groups excluding carboxylic acids is 2. The van der Waals surface area contributed by atoms with Crippen LogP contribution in [0, 0.1) is 10.8 Å². The van der Waals surface area contributed by atoms with Gasteiger partial charge in [-0.3, -0.25) is 14.6 Å². The first-order valence-electron chi connectivity index (χ1n) is 13.0. The molecule has 0 bridgehead atoms. The summed E-state index contributed by atoms with van der Waals surface area (Å²) in [4.78, 5) is 63.0. The molecule has 3 aliphatic rings. The first-order chi connectivity index (χ1) is 20.4. The summed E-state index contributed by atoms with van der Waals surface area (Å²) in [6.07, 6.45) is -0.915. The molecule has 240 valence electrons. The number of hydrogen-bond donors (Lipinski definition) is 2. The standard InChI is InChI=1S/C22H26N6O2.2C2HF3O2/c1-26-11-7-22(19(26)30)16-28(20-24-9-3-10-25-20)15-21(22)5-12-27(13-6-21)18(29)17-4-2-8-23-14-17;2*3-2(4,5)1(6)7/h2-4,8-10,14H,5-7,11-13,15-16H2,1H3;2*(H,6,7). The Morgan fingerprint density at radius 1 is 0.841 bits per heavy atom. The van der Waals surface area contributed by atoms with Gasteiger partial charge in [-0.25, -0.2) is 19.6 Å². The molecule has 3 aliphatic heterocycles. The zero-order valence-electron chi connectivity index (χ0n) is 23.2. The number of anilines is 1. The van der Waals surface area contributed by atoms with E-state index in [0.29, 0.717) is 31.1 Å². The van der Waals surface area contributed by atoms with Crippen molar-refractivity contribution < 1.29 is 55.7 Å². The molecule has 0 aliphatic carbocycles. The van der Waals surface area contributed by atoms with E-state index >= 15 is 0 Å². The van der Waals surface area contributed by atoms with Crippen LogP contribution in [-0.2, 0) is 14.4 Å². The Morgan fingerprint density at radius 2 is 1.39 bits per heavy atom. The van der Waals surface area contributed by atoms with Crippen molar-refractivity contribution in [3.05, 3.63) is 48.5 Å². The molecule has 2 N–H and O–H groups in total. The second-order valence-electron chi connectivity index (χ2n) is 10.4. The summed E-state index contributed by atoms with van der Waals surface area (Å²) in [7, 11) is 1.90. The van der Waals surface area contributed by atoms with Gasteiger partial charge >= 0.3 is 24.3 Å². The van der Waals surface area contributed by atoms with Crippen molar-refractivity contribution in [3.8, 4) is 0 Å². The van der Waals surface area contributed by atoms with Gasteiger partial charge in [0.1, 0.15) is 0 Å². The van der Waals surface area contributed by atoms with Crippen molar-refractivity contribution in [2.75, 3.05) is 44.7 Å². The molecule has 2 spiro atoms. The minimum absolute atomic E-state index is 0.0168. The predicted molar refractivity (Wildman–Crippen MR) is 138 cm³/mol. The molecule has 2 aromatic heterocycles. The Morgan fingerprint density at radius 3 is 1.82 bits per heavy atom. The molecular weight excluding hydrogens is 606 g/mol. The largest absolute Gasteiger partial charge is 0.490 e. The van der Waals surface area contributed by atoms with Gasteiger partial charge in [0.2, 0.25) is 11.9 Å². The smallest absolute Gasteiger partial charge is 0.475 e. The number of alkyl halides is 6. The molecule has 0 radical (unpaired) electrons. The van der Waals surface area contributed by atoms with Crippen LogP contribution in [0.25, 0.3) is 0 Å². The van der Waals surface area contributed by atoms with Gasteiger partial charge in [-0.15, -0.1) is 0 Å². The van der Waals surface area contributed by atoms with Crippen molar-refractivity contribution in [2.24, 2.45) is 10.8 Å². The van der Waals surface area contributed by atoms with Gasteiger partial charge in [0.15, 0.2) is 0 Å². The number of halogens is 6. The number of rotatable bonds is 2. The molecular formula is C26H28F6N6O6. The third-order valence-electron chi connectivity index (χ3n) is 7.84. The Balaban J connectivity index is 0.000000317. The van der Waals surface area contributed by atoms with E-state index in [1.165, 1.54) is 0 Å². The van der Waals surface area contributed by atoms with Crippen molar-refractivity contribution >= 4 is 29.7 Å². The van der Waals surface area contributed by atoms with Gasteiger partial charge in [0.05, 0.1) is 11.0 Å². The van der Waals surface area contributed by atoms with Crippen LogP contribution in [0.5, 0.6) is 0 Å². The molecule has 3 saturated heterocycles. The fourth-order valence-electron chi connectivity index (χ4n) is 5.68. The fraction of sp³-hybridized carbons (Fsp3) is 0.500. The number of hydrogen-bond acceptors (Lipinski definition) is 8. The Kier molecular flexibility index (Phi) is 10.0. The summed E-state index contributed by atoms with van der Waals surface area (Å²) in [5.74, 6) is -4.58. The van der Waals surface area contributed by atoms with E-state index in [2.05, 4.69) is 19.9 Å². The van der Waals surface area contributed by atoms with Crippen LogP contribution in [0.4, 0.5) is 32.3 Å². The maximum absolute atomic E-state index is 13.4. The van der Waals surface area contributed by atoms with Crippen LogP contribution >= 0.6 is 0 Å². The maximum Gasteiger partial charge on any atom is 0.490 e. The third kappa shape index (κ3) is 7.34. The average Bonchev–Trinajstić information content (AvgIpc) is 3.45. The molecule has 18 heteroatoms. The van der Waals surface area contributed by atoms with Crippen LogP contribution in [0.1, 0.15) is 29.6 Å². The topological polar surface area (TPSA) is 157 Å². The minimum atomic E-state index is -5.08. The van der Waals surface area contributed by atoms with Crippen molar-refractivity contribution in [2.45, 2.75) is 31.6 Å². The fourth-order valence-corrected chi connectivity index (χ4v) is 5.68. The van der Waals surface area contributed by atoms with Gasteiger partial charge in [0, 0.05) is 70.0 Å². The lowest BCUT2D eigenvalue weighted by atomic mass is 9.60. The lowest BCUT2D eigenvalue weighted by Gasteiger charge is -2.46. The number of likely N-dealkylation sites (tertiary alicyclic amines) is 2. The highest BCUT2D eigenvalue weighted by Gasteiger charge is 2.65. The number of carboxylic acid groups (broad SMARTS) is 2. The molecule has 12 nitrogen and oxygen atoms in total. The summed E-state index contributed by atoms with van der Waals surface area (Å²) in [5, 5.41) is 14.2.